The molecule has 0 spiro atoms. The Labute approximate surface area is 160 Å². The quantitative estimate of drug-likeness (QED) is 0.500. The smallest absolute Gasteiger partial charge is 0.130 e. The van der Waals surface area contributed by atoms with Gasteiger partial charge in [0.15, 0.2) is 0 Å². The van der Waals surface area contributed by atoms with E-state index in [-0.39, 0.29) is 6.04 Å². The van der Waals surface area contributed by atoms with Crippen molar-refractivity contribution < 1.29 is 0 Å². The molecule has 2 heterocycles. The minimum atomic E-state index is 0.224. The van der Waals surface area contributed by atoms with Crippen LogP contribution in [-0.4, -0.2) is 22.1 Å². The van der Waals surface area contributed by atoms with E-state index in [4.69, 9.17) is 10.7 Å². The van der Waals surface area contributed by atoms with Crippen molar-refractivity contribution in [3.63, 3.8) is 0 Å². The number of nitrogens with zero attached hydrogens (tertiary/aromatic N) is 1. The Bertz CT molecular complexity index is 901. The second kappa shape index (κ2) is 8.01. The number of anilines is 3. The summed E-state index contributed by atoms with van der Waals surface area (Å²) in [4.78, 5) is 8.08. The fourth-order valence-electron chi connectivity index (χ4n) is 3.99. The van der Waals surface area contributed by atoms with Gasteiger partial charge in [0.05, 0.1) is 5.69 Å². The molecule has 0 aliphatic heterocycles. The number of aromatic amines is 1. The average Bonchev–Trinajstić information content (AvgIpc) is 3.13. The summed E-state index contributed by atoms with van der Waals surface area (Å²) in [5.41, 5.74) is 10.7. The fourth-order valence-corrected chi connectivity index (χ4v) is 3.99. The molecule has 27 heavy (non-hydrogen) atoms. The van der Waals surface area contributed by atoms with Crippen molar-refractivity contribution >= 4 is 28.1 Å². The zero-order valence-electron chi connectivity index (χ0n) is 16.0. The fraction of sp³-hybridized carbons (Fsp3) is 0.409. The topological polar surface area (TPSA) is 78.8 Å². The van der Waals surface area contributed by atoms with E-state index in [0.717, 1.165) is 59.5 Å². The van der Waals surface area contributed by atoms with Gasteiger partial charge in [0.1, 0.15) is 5.82 Å². The van der Waals surface area contributed by atoms with Gasteiger partial charge in [-0.25, -0.2) is 4.98 Å². The molecule has 0 bridgehead atoms. The van der Waals surface area contributed by atoms with Crippen LogP contribution < -0.4 is 16.4 Å². The zero-order chi connectivity index (χ0) is 18.6. The summed E-state index contributed by atoms with van der Waals surface area (Å²) >= 11 is 0. The number of rotatable bonds is 6. The molecule has 0 saturated heterocycles. The van der Waals surface area contributed by atoms with Gasteiger partial charge in [0.2, 0.25) is 0 Å². The maximum absolute atomic E-state index is 6.33. The molecule has 4 rings (SSSR count). The Morgan fingerprint density at radius 3 is 2.93 bits per heavy atom. The van der Waals surface area contributed by atoms with E-state index in [1.807, 2.05) is 12.3 Å². The maximum atomic E-state index is 6.33. The van der Waals surface area contributed by atoms with E-state index >= 15 is 0 Å². The lowest BCUT2D eigenvalue weighted by molar-refractivity contribution is 0.404. The number of aromatic nitrogens is 2. The van der Waals surface area contributed by atoms with Gasteiger partial charge in [-0.1, -0.05) is 32.3 Å². The van der Waals surface area contributed by atoms with Crippen LogP contribution in [0.15, 0.2) is 42.6 Å². The summed E-state index contributed by atoms with van der Waals surface area (Å²) in [6.45, 7) is 2.18. The van der Waals surface area contributed by atoms with Crippen LogP contribution in [0, 0.1) is 0 Å². The van der Waals surface area contributed by atoms with Crippen LogP contribution in [0.25, 0.3) is 10.9 Å². The molecular formula is C22H29N5. The molecule has 1 fully saturated rings. The van der Waals surface area contributed by atoms with Gasteiger partial charge in [-0.3, -0.25) is 0 Å². The number of hydrogen-bond donors (Lipinski definition) is 4. The lowest BCUT2D eigenvalue weighted by Gasteiger charge is -2.30. The number of nitrogens with one attached hydrogen (secondary N) is 3. The SMILES string of the molecule is CCCc1cccc(Nc2cc(N[C@@H]3CCCC[C@@H]3N)cc3[nH]ccc23)n1. The number of benzene rings is 1. The Morgan fingerprint density at radius 2 is 2.07 bits per heavy atom. The van der Waals surface area contributed by atoms with E-state index in [9.17, 15) is 0 Å². The lowest BCUT2D eigenvalue weighted by Crippen LogP contribution is -2.42. The first-order valence-corrected chi connectivity index (χ1v) is 10.1. The molecule has 3 aromatic rings. The van der Waals surface area contributed by atoms with Crippen molar-refractivity contribution in [2.45, 2.75) is 57.5 Å². The predicted octanol–water partition coefficient (Wildman–Crippen LogP) is 4.94. The van der Waals surface area contributed by atoms with Gasteiger partial charge >= 0.3 is 0 Å². The first-order chi connectivity index (χ1) is 13.2. The Morgan fingerprint density at radius 1 is 1.19 bits per heavy atom. The number of aryl methyl sites for hydroxylation is 1. The molecule has 1 aliphatic carbocycles. The van der Waals surface area contributed by atoms with E-state index in [0.29, 0.717) is 6.04 Å². The van der Waals surface area contributed by atoms with Crippen LogP contribution in [-0.2, 0) is 6.42 Å². The van der Waals surface area contributed by atoms with Gasteiger partial charge < -0.3 is 21.4 Å². The molecule has 0 radical (unpaired) electrons. The predicted molar refractivity (Wildman–Crippen MR) is 114 cm³/mol. The molecule has 2 aromatic heterocycles. The van der Waals surface area contributed by atoms with Crippen LogP contribution in [0.4, 0.5) is 17.2 Å². The van der Waals surface area contributed by atoms with Gasteiger partial charge in [0.25, 0.3) is 0 Å². The molecule has 5 N–H and O–H groups in total. The molecule has 1 aromatic carbocycles. The van der Waals surface area contributed by atoms with Crippen LogP contribution in [0.2, 0.25) is 0 Å². The molecular weight excluding hydrogens is 334 g/mol. The Hall–Kier alpha value is -2.53. The van der Waals surface area contributed by atoms with Gasteiger partial charge in [-0.05, 0) is 49.6 Å². The molecule has 142 valence electrons. The van der Waals surface area contributed by atoms with E-state index in [1.54, 1.807) is 0 Å². The first kappa shape index (κ1) is 17.9. The standard InChI is InChI=1S/C22H29N5/c1-2-6-15-7-5-10-22(26-15)27-21-14-16(13-20-17(21)11-12-24-20)25-19-9-4-3-8-18(19)23/h5,7,10-14,18-19,24-25H,2-4,6,8-9,23H2,1H3,(H,26,27)/t18-,19+/m0/s1. The minimum Gasteiger partial charge on any atom is -0.381 e. The summed E-state index contributed by atoms with van der Waals surface area (Å²) in [6.07, 6.45) is 8.79. The molecule has 5 nitrogen and oxygen atoms in total. The summed E-state index contributed by atoms with van der Waals surface area (Å²) < 4.78 is 0. The normalized spacial score (nSPS) is 19.9. The molecule has 2 atom stereocenters. The largest absolute Gasteiger partial charge is 0.381 e. The van der Waals surface area contributed by atoms with E-state index in [1.165, 1.54) is 12.8 Å². The summed E-state index contributed by atoms with van der Waals surface area (Å²) in [5, 5.41) is 8.35. The minimum absolute atomic E-state index is 0.224. The summed E-state index contributed by atoms with van der Waals surface area (Å²) in [6, 6.07) is 13.2. The number of hydrogen-bond acceptors (Lipinski definition) is 4. The van der Waals surface area contributed by atoms with Crippen LogP contribution in [0.3, 0.4) is 0 Å². The summed E-state index contributed by atoms with van der Waals surface area (Å²) in [5.74, 6) is 0.884. The third-order valence-electron chi connectivity index (χ3n) is 5.42. The molecule has 1 saturated carbocycles. The molecule has 5 heteroatoms. The van der Waals surface area contributed by atoms with Crippen molar-refractivity contribution in [2.75, 3.05) is 10.6 Å². The molecule has 0 unspecified atom stereocenters. The third kappa shape index (κ3) is 4.08. The first-order valence-electron chi connectivity index (χ1n) is 10.1. The van der Waals surface area contributed by atoms with Gasteiger partial charge in [0, 0.05) is 40.6 Å². The van der Waals surface area contributed by atoms with E-state index < -0.39 is 0 Å². The van der Waals surface area contributed by atoms with E-state index in [2.05, 4.69) is 52.9 Å². The number of nitrogens with two attached hydrogens (primary N) is 1. The van der Waals surface area contributed by atoms with Crippen LogP contribution in [0.1, 0.15) is 44.7 Å². The highest BCUT2D eigenvalue weighted by Gasteiger charge is 2.21. The highest BCUT2D eigenvalue weighted by atomic mass is 15.0. The Balaban J connectivity index is 1.61. The second-order valence-electron chi connectivity index (χ2n) is 7.55. The highest BCUT2D eigenvalue weighted by molar-refractivity contribution is 5.96. The van der Waals surface area contributed by atoms with Gasteiger partial charge in [-0.15, -0.1) is 0 Å². The number of fused-ring (bicyclic) bond motifs is 1. The van der Waals surface area contributed by atoms with Crippen molar-refractivity contribution in [3.05, 3.63) is 48.3 Å². The highest BCUT2D eigenvalue weighted by Crippen LogP contribution is 2.31. The average molecular weight is 364 g/mol. The molecule has 0 amide bonds. The monoisotopic (exact) mass is 363 g/mol. The van der Waals surface area contributed by atoms with Crippen molar-refractivity contribution in [1.82, 2.24) is 9.97 Å². The maximum Gasteiger partial charge on any atom is 0.130 e. The second-order valence-corrected chi connectivity index (χ2v) is 7.55. The number of pyridine rings is 1. The van der Waals surface area contributed by atoms with Crippen LogP contribution >= 0.6 is 0 Å². The van der Waals surface area contributed by atoms with Crippen molar-refractivity contribution in [2.24, 2.45) is 5.73 Å². The van der Waals surface area contributed by atoms with Crippen LogP contribution in [0.5, 0.6) is 0 Å². The molecule has 1 aliphatic rings. The number of H-pyrrole nitrogens is 1. The van der Waals surface area contributed by atoms with Crippen molar-refractivity contribution in [3.8, 4) is 0 Å². The van der Waals surface area contributed by atoms with Crippen molar-refractivity contribution in [1.29, 1.82) is 0 Å². The van der Waals surface area contributed by atoms with Gasteiger partial charge in [-0.2, -0.15) is 0 Å². The summed E-state index contributed by atoms with van der Waals surface area (Å²) in [7, 11) is 0. The third-order valence-corrected chi connectivity index (χ3v) is 5.42. The lowest BCUT2D eigenvalue weighted by atomic mass is 9.91. The Kier molecular flexibility index (Phi) is 5.30. The zero-order valence-corrected chi connectivity index (χ0v) is 16.0.